The minimum absolute atomic E-state index is 0.0208. The van der Waals surface area contributed by atoms with E-state index >= 15 is 0 Å². The molecule has 13 heavy (non-hydrogen) atoms. The largest absolute Gasteiger partial charge is 0.508 e. The van der Waals surface area contributed by atoms with Crippen LogP contribution in [0.4, 0.5) is 8.78 Å². The second-order valence-electron chi connectivity index (χ2n) is 2.76. The van der Waals surface area contributed by atoms with Crippen molar-refractivity contribution < 1.29 is 18.6 Å². The van der Waals surface area contributed by atoms with Crippen molar-refractivity contribution in [2.45, 2.75) is 20.5 Å². The van der Waals surface area contributed by atoms with Gasteiger partial charge in [-0.1, -0.05) is 0 Å². The Morgan fingerprint density at radius 2 is 1.92 bits per heavy atom. The number of aryl methyl sites for hydroxylation is 1. The number of hydrogen-bond acceptors (Lipinski definition) is 2. The van der Waals surface area contributed by atoms with Crippen LogP contribution < -0.4 is 4.74 Å². The lowest BCUT2D eigenvalue weighted by molar-refractivity contribution is -0.0503. The predicted molar refractivity (Wildman–Crippen MR) is 44.2 cm³/mol. The summed E-state index contributed by atoms with van der Waals surface area (Å²) in [6, 6.07) is 2.67. The molecule has 0 amide bonds. The fourth-order valence-electron chi connectivity index (χ4n) is 1.03. The van der Waals surface area contributed by atoms with E-state index in [4.69, 9.17) is 5.11 Å². The molecule has 0 spiro atoms. The van der Waals surface area contributed by atoms with E-state index in [-0.39, 0.29) is 11.5 Å². The smallest absolute Gasteiger partial charge is 0.387 e. The van der Waals surface area contributed by atoms with Crippen LogP contribution in [0.5, 0.6) is 11.5 Å². The third kappa shape index (κ3) is 2.31. The van der Waals surface area contributed by atoms with Gasteiger partial charge in [-0.3, -0.25) is 0 Å². The summed E-state index contributed by atoms with van der Waals surface area (Å²) in [6.45, 7) is 0.514. The Labute approximate surface area is 74.8 Å². The van der Waals surface area contributed by atoms with Gasteiger partial charge in [-0.15, -0.1) is 0 Å². The highest BCUT2D eigenvalue weighted by molar-refractivity contribution is 5.44. The van der Waals surface area contributed by atoms with Gasteiger partial charge in [0, 0.05) is 6.07 Å². The molecular weight excluding hydrogens is 178 g/mol. The molecule has 72 valence electrons. The third-order valence-electron chi connectivity index (χ3n) is 1.82. The first-order valence-electron chi connectivity index (χ1n) is 3.75. The van der Waals surface area contributed by atoms with Crippen LogP contribution in [0, 0.1) is 13.8 Å². The Hall–Kier alpha value is -1.32. The molecule has 0 radical (unpaired) electrons. The number of phenols is 1. The van der Waals surface area contributed by atoms with E-state index in [1.165, 1.54) is 12.1 Å². The van der Waals surface area contributed by atoms with Crippen LogP contribution in [0.2, 0.25) is 0 Å². The molecule has 2 nitrogen and oxygen atoms in total. The van der Waals surface area contributed by atoms with Crippen LogP contribution in [-0.4, -0.2) is 11.7 Å². The van der Waals surface area contributed by atoms with Gasteiger partial charge in [-0.25, -0.2) is 0 Å². The van der Waals surface area contributed by atoms with E-state index in [0.717, 1.165) is 5.56 Å². The van der Waals surface area contributed by atoms with Crippen molar-refractivity contribution in [1.29, 1.82) is 0 Å². The van der Waals surface area contributed by atoms with Gasteiger partial charge in [0.15, 0.2) is 0 Å². The Morgan fingerprint density at radius 1 is 1.31 bits per heavy atom. The molecule has 1 aromatic rings. The molecule has 0 atom stereocenters. The summed E-state index contributed by atoms with van der Waals surface area (Å²) in [6.07, 6.45) is 0. The molecule has 4 heteroatoms. The van der Waals surface area contributed by atoms with Crippen molar-refractivity contribution in [1.82, 2.24) is 0 Å². The summed E-state index contributed by atoms with van der Waals surface area (Å²) in [5.41, 5.74) is 1.33. The number of benzene rings is 1. The SMILES string of the molecule is Cc1cc(O)cc(OC(F)F)c1C. The van der Waals surface area contributed by atoms with E-state index in [1.54, 1.807) is 13.8 Å². The first kappa shape index (κ1) is 9.77. The summed E-state index contributed by atoms with van der Waals surface area (Å²) in [4.78, 5) is 0. The fraction of sp³-hybridized carbons (Fsp3) is 0.333. The standard InChI is InChI=1S/C9H10F2O2/c1-5-3-7(12)4-8(6(5)2)13-9(10)11/h3-4,9,12H,1-2H3. The van der Waals surface area contributed by atoms with Crippen LogP contribution >= 0.6 is 0 Å². The summed E-state index contributed by atoms with van der Waals surface area (Å²) >= 11 is 0. The van der Waals surface area contributed by atoms with Gasteiger partial charge in [0.2, 0.25) is 0 Å². The van der Waals surface area contributed by atoms with E-state index < -0.39 is 6.61 Å². The molecule has 0 heterocycles. The average Bonchev–Trinajstić information content (AvgIpc) is 1.98. The normalized spacial score (nSPS) is 10.5. The molecular formula is C9H10F2O2. The number of rotatable bonds is 2. The fourth-order valence-corrected chi connectivity index (χ4v) is 1.03. The second kappa shape index (κ2) is 3.60. The lowest BCUT2D eigenvalue weighted by Crippen LogP contribution is -2.03. The molecule has 0 bridgehead atoms. The minimum Gasteiger partial charge on any atom is -0.508 e. The van der Waals surface area contributed by atoms with E-state index in [1.807, 2.05) is 0 Å². The highest BCUT2D eigenvalue weighted by atomic mass is 19.3. The molecule has 1 rings (SSSR count). The maximum atomic E-state index is 11.9. The van der Waals surface area contributed by atoms with Crippen LogP contribution in [0.1, 0.15) is 11.1 Å². The van der Waals surface area contributed by atoms with Crippen molar-refractivity contribution in [2.75, 3.05) is 0 Å². The zero-order valence-electron chi connectivity index (χ0n) is 7.34. The summed E-state index contributed by atoms with van der Waals surface area (Å²) in [5, 5.41) is 9.11. The number of ether oxygens (including phenoxy) is 1. The number of hydrogen-bond donors (Lipinski definition) is 1. The zero-order chi connectivity index (χ0) is 10.0. The number of halogens is 2. The molecule has 0 aliphatic carbocycles. The van der Waals surface area contributed by atoms with Gasteiger partial charge in [-0.05, 0) is 31.0 Å². The molecule has 0 aliphatic heterocycles. The molecule has 0 saturated heterocycles. The summed E-state index contributed by atoms with van der Waals surface area (Å²) in [5.74, 6) is -0.0498. The van der Waals surface area contributed by atoms with Crippen molar-refractivity contribution in [3.05, 3.63) is 23.3 Å². The quantitative estimate of drug-likeness (QED) is 0.772. The highest BCUT2D eigenvalue weighted by Gasteiger charge is 2.09. The number of alkyl halides is 2. The van der Waals surface area contributed by atoms with E-state index in [2.05, 4.69) is 4.74 Å². The Balaban J connectivity index is 3.05. The number of aromatic hydroxyl groups is 1. The van der Waals surface area contributed by atoms with Crippen molar-refractivity contribution >= 4 is 0 Å². The third-order valence-corrected chi connectivity index (χ3v) is 1.82. The molecule has 1 N–H and O–H groups in total. The summed E-state index contributed by atoms with van der Waals surface area (Å²) < 4.78 is 27.9. The topological polar surface area (TPSA) is 29.5 Å². The maximum Gasteiger partial charge on any atom is 0.387 e. The van der Waals surface area contributed by atoms with Crippen molar-refractivity contribution in [3.63, 3.8) is 0 Å². The van der Waals surface area contributed by atoms with Gasteiger partial charge in [0.05, 0.1) is 0 Å². The van der Waals surface area contributed by atoms with Gasteiger partial charge in [0.1, 0.15) is 11.5 Å². The van der Waals surface area contributed by atoms with Gasteiger partial charge >= 0.3 is 6.61 Å². The Morgan fingerprint density at radius 3 is 2.46 bits per heavy atom. The molecule has 0 aliphatic rings. The van der Waals surface area contributed by atoms with Crippen LogP contribution in [0.3, 0.4) is 0 Å². The molecule has 0 fully saturated rings. The Bertz CT molecular complexity index is 311. The Kier molecular flexibility index (Phi) is 2.70. The first-order chi connectivity index (χ1) is 6.00. The molecule has 0 unspecified atom stereocenters. The maximum absolute atomic E-state index is 11.9. The first-order valence-corrected chi connectivity index (χ1v) is 3.75. The lowest BCUT2D eigenvalue weighted by Gasteiger charge is -2.10. The second-order valence-corrected chi connectivity index (χ2v) is 2.76. The molecule has 0 saturated carbocycles. The van der Waals surface area contributed by atoms with Crippen molar-refractivity contribution in [2.24, 2.45) is 0 Å². The van der Waals surface area contributed by atoms with Crippen LogP contribution in [0.15, 0.2) is 12.1 Å². The molecule has 0 aromatic heterocycles. The zero-order valence-corrected chi connectivity index (χ0v) is 7.34. The average molecular weight is 188 g/mol. The van der Waals surface area contributed by atoms with Crippen molar-refractivity contribution in [3.8, 4) is 11.5 Å². The van der Waals surface area contributed by atoms with Gasteiger partial charge < -0.3 is 9.84 Å². The monoisotopic (exact) mass is 188 g/mol. The number of phenolic OH excluding ortho intramolecular Hbond substituents is 1. The highest BCUT2D eigenvalue weighted by Crippen LogP contribution is 2.27. The minimum atomic E-state index is -2.86. The van der Waals surface area contributed by atoms with E-state index in [9.17, 15) is 8.78 Å². The van der Waals surface area contributed by atoms with Crippen LogP contribution in [-0.2, 0) is 0 Å². The lowest BCUT2D eigenvalue weighted by atomic mass is 10.1. The van der Waals surface area contributed by atoms with Gasteiger partial charge in [-0.2, -0.15) is 8.78 Å². The van der Waals surface area contributed by atoms with Gasteiger partial charge in [0.25, 0.3) is 0 Å². The molecule has 1 aromatic carbocycles. The van der Waals surface area contributed by atoms with E-state index in [0.29, 0.717) is 5.56 Å². The van der Waals surface area contributed by atoms with Crippen LogP contribution in [0.25, 0.3) is 0 Å². The summed E-state index contributed by atoms with van der Waals surface area (Å²) in [7, 11) is 0. The predicted octanol–water partition coefficient (Wildman–Crippen LogP) is 2.61.